The highest BCUT2D eigenvalue weighted by Gasteiger charge is 2.16. The Morgan fingerprint density at radius 2 is 1.46 bits per heavy atom. The van der Waals surface area contributed by atoms with E-state index >= 15 is 0 Å². The van der Waals surface area contributed by atoms with Crippen LogP contribution in [-0.4, -0.2) is 24.8 Å². The monoisotopic (exact) mass is 327 g/mol. The van der Waals surface area contributed by atoms with Crippen LogP contribution in [0.3, 0.4) is 0 Å². The number of anilines is 3. The molecule has 7 nitrogen and oxygen atoms in total. The summed E-state index contributed by atoms with van der Waals surface area (Å²) in [5.74, 6) is -1.44. The van der Waals surface area contributed by atoms with Crippen LogP contribution in [0.1, 0.15) is 6.92 Å². The van der Waals surface area contributed by atoms with Crippen molar-refractivity contribution >= 4 is 34.8 Å². The molecule has 2 aromatic carbocycles. The van der Waals surface area contributed by atoms with Crippen LogP contribution in [0.25, 0.3) is 0 Å². The molecule has 0 radical (unpaired) electrons. The fourth-order valence-corrected chi connectivity index (χ4v) is 1.99. The van der Waals surface area contributed by atoms with Crippen LogP contribution in [0.2, 0.25) is 0 Å². The lowest BCUT2D eigenvalue weighted by atomic mass is 10.2. The van der Waals surface area contributed by atoms with Gasteiger partial charge in [-0.3, -0.25) is 14.4 Å². The molecule has 2 aromatic rings. The van der Waals surface area contributed by atoms with Gasteiger partial charge in [0.2, 0.25) is 5.91 Å². The maximum Gasteiger partial charge on any atom is 0.314 e. The molecule has 0 fully saturated rings. The zero-order chi connectivity index (χ0) is 17.5. The van der Waals surface area contributed by atoms with Crippen molar-refractivity contribution in [1.82, 2.24) is 0 Å². The zero-order valence-electron chi connectivity index (χ0n) is 13.3. The van der Waals surface area contributed by atoms with E-state index in [-0.39, 0.29) is 5.91 Å². The summed E-state index contributed by atoms with van der Waals surface area (Å²) in [6, 6.07) is 13.3. The van der Waals surface area contributed by atoms with E-state index in [4.69, 9.17) is 4.74 Å². The number of methoxy groups -OCH3 is 1. The van der Waals surface area contributed by atoms with E-state index in [1.54, 1.807) is 48.5 Å². The van der Waals surface area contributed by atoms with Gasteiger partial charge in [0.1, 0.15) is 5.75 Å². The molecule has 124 valence electrons. The van der Waals surface area contributed by atoms with Crippen LogP contribution < -0.4 is 20.7 Å². The van der Waals surface area contributed by atoms with Gasteiger partial charge in [-0.2, -0.15) is 0 Å². The Hall–Kier alpha value is -3.35. The summed E-state index contributed by atoms with van der Waals surface area (Å²) in [6.45, 7) is 1.38. The number of rotatable bonds is 4. The molecule has 0 aliphatic rings. The molecular formula is C17H17N3O4. The minimum absolute atomic E-state index is 0.229. The third-order valence-electron chi connectivity index (χ3n) is 3.00. The van der Waals surface area contributed by atoms with Crippen molar-refractivity contribution in [2.45, 2.75) is 6.92 Å². The maximum atomic E-state index is 12.0. The van der Waals surface area contributed by atoms with Gasteiger partial charge in [0, 0.05) is 18.3 Å². The molecule has 24 heavy (non-hydrogen) atoms. The van der Waals surface area contributed by atoms with E-state index < -0.39 is 11.8 Å². The molecule has 0 aliphatic carbocycles. The molecule has 0 spiro atoms. The van der Waals surface area contributed by atoms with Crippen LogP contribution in [0.15, 0.2) is 48.5 Å². The third-order valence-corrected chi connectivity index (χ3v) is 3.00. The van der Waals surface area contributed by atoms with Gasteiger partial charge >= 0.3 is 11.8 Å². The van der Waals surface area contributed by atoms with E-state index in [0.717, 1.165) is 0 Å². The zero-order valence-corrected chi connectivity index (χ0v) is 13.3. The quantitative estimate of drug-likeness (QED) is 0.750. The molecule has 0 heterocycles. The predicted octanol–water partition coefficient (Wildman–Crippen LogP) is 2.23. The fourth-order valence-electron chi connectivity index (χ4n) is 1.99. The second kappa shape index (κ2) is 7.77. The van der Waals surface area contributed by atoms with E-state index in [0.29, 0.717) is 22.8 Å². The first-order chi connectivity index (χ1) is 11.5. The number of carbonyl (C=O) groups excluding carboxylic acids is 3. The van der Waals surface area contributed by atoms with Gasteiger partial charge in [-0.15, -0.1) is 0 Å². The molecule has 7 heteroatoms. The largest absolute Gasteiger partial charge is 0.495 e. The number of amides is 3. The first-order valence-electron chi connectivity index (χ1n) is 7.12. The maximum absolute atomic E-state index is 12.0. The lowest BCUT2D eigenvalue weighted by Gasteiger charge is -2.10. The van der Waals surface area contributed by atoms with E-state index in [2.05, 4.69) is 16.0 Å². The van der Waals surface area contributed by atoms with E-state index in [9.17, 15) is 14.4 Å². The standard InChI is InChI=1S/C17H17N3O4/c1-11(21)18-12-6-5-7-13(10-12)19-16(22)17(23)20-14-8-3-4-9-15(14)24-2/h3-10H,1-2H3,(H,18,21)(H,19,22)(H,20,23). The highest BCUT2D eigenvalue weighted by Crippen LogP contribution is 2.23. The molecule has 0 atom stereocenters. The van der Waals surface area contributed by atoms with Crippen LogP contribution in [0, 0.1) is 0 Å². The summed E-state index contributed by atoms with van der Waals surface area (Å²) in [5.41, 5.74) is 1.30. The van der Waals surface area contributed by atoms with Gasteiger partial charge in [-0.25, -0.2) is 0 Å². The lowest BCUT2D eigenvalue weighted by molar-refractivity contribution is -0.133. The summed E-state index contributed by atoms with van der Waals surface area (Å²) in [4.78, 5) is 35.0. The van der Waals surface area contributed by atoms with Crippen molar-refractivity contribution in [3.8, 4) is 5.75 Å². The van der Waals surface area contributed by atoms with Crippen molar-refractivity contribution in [3.63, 3.8) is 0 Å². The molecule has 3 N–H and O–H groups in total. The number of nitrogens with one attached hydrogen (secondary N) is 3. The Balaban J connectivity index is 2.04. The van der Waals surface area contributed by atoms with Crippen LogP contribution in [0.4, 0.5) is 17.1 Å². The van der Waals surface area contributed by atoms with Gasteiger partial charge in [0.05, 0.1) is 12.8 Å². The van der Waals surface area contributed by atoms with Crippen molar-refractivity contribution in [2.24, 2.45) is 0 Å². The second-order valence-electron chi connectivity index (χ2n) is 4.87. The average Bonchev–Trinajstić information content (AvgIpc) is 2.55. The number of carbonyl (C=O) groups is 3. The Labute approximate surface area is 139 Å². The summed E-state index contributed by atoms with van der Waals surface area (Å²) in [6.07, 6.45) is 0. The Morgan fingerprint density at radius 1 is 0.833 bits per heavy atom. The molecule has 3 amide bonds. The molecule has 0 bridgehead atoms. The highest BCUT2D eigenvalue weighted by molar-refractivity contribution is 6.43. The SMILES string of the molecule is COc1ccccc1NC(=O)C(=O)Nc1cccc(NC(C)=O)c1. The molecule has 0 saturated carbocycles. The molecule has 2 rings (SSSR count). The first kappa shape index (κ1) is 17.0. The van der Waals surface area contributed by atoms with E-state index in [1.165, 1.54) is 14.0 Å². The van der Waals surface area contributed by atoms with E-state index in [1.807, 2.05) is 0 Å². The fraction of sp³-hybridized carbons (Fsp3) is 0.118. The topological polar surface area (TPSA) is 96.5 Å². The minimum Gasteiger partial charge on any atom is -0.495 e. The number of para-hydroxylation sites is 2. The van der Waals surface area contributed by atoms with Crippen LogP contribution in [-0.2, 0) is 14.4 Å². The molecule has 0 aromatic heterocycles. The Kier molecular flexibility index (Phi) is 5.51. The Morgan fingerprint density at radius 3 is 2.12 bits per heavy atom. The number of hydrogen-bond donors (Lipinski definition) is 3. The first-order valence-corrected chi connectivity index (χ1v) is 7.12. The van der Waals surface area contributed by atoms with Gasteiger partial charge in [-0.05, 0) is 30.3 Å². The smallest absolute Gasteiger partial charge is 0.314 e. The average molecular weight is 327 g/mol. The van der Waals surface area contributed by atoms with Gasteiger partial charge in [0.15, 0.2) is 0 Å². The molecule has 0 saturated heterocycles. The van der Waals surface area contributed by atoms with Crippen LogP contribution >= 0.6 is 0 Å². The minimum atomic E-state index is -0.833. The van der Waals surface area contributed by atoms with Crippen molar-refractivity contribution < 1.29 is 19.1 Å². The molecule has 0 aliphatic heterocycles. The van der Waals surface area contributed by atoms with Gasteiger partial charge in [0.25, 0.3) is 0 Å². The van der Waals surface area contributed by atoms with Crippen molar-refractivity contribution in [2.75, 3.05) is 23.1 Å². The summed E-state index contributed by atoms with van der Waals surface area (Å²) in [7, 11) is 1.47. The lowest BCUT2D eigenvalue weighted by Crippen LogP contribution is -2.29. The summed E-state index contributed by atoms with van der Waals surface area (Å²) >= 11 is 0. The number of benzene rings is 2. The summed E-state index contributed by atoms with van der Waals surface area (Å²) < 4.78 is 5.11. The highest BCUT2D eigenvalue weighted by atomic mass is 16.5. The van der Waals surface area contributed by atoms with Crippen LogP contribution in [0.5, 0.6) is 5.75 Å². The molecule has 0 unspecified atom stereocenters. The van der Waals surface area contributed by atoms with Gasteiger partial charge in [-0.1, -0.05) is 18.2 Å². The van der Waals surface area contributed by atoms with Gasteiger partial charge < -0.3 is 20.7 Å². The Bertz CT molecular complexity index is 774. The predicted molar refractivity (Wildman–Crippen MR) is 91.0 cm³/mol. The normalized spacial score (nSPS) is 9.75. The second-order valence-corrected chi connectivity index (χ2v) is 4.87. The number of hydrogen-bond acceptors (Lipinski definition) is 4. The van der Waals surface area contributed by atoms with Crippen molar-refractivity contribution in [1.29, 1.82) is 0 Å². The number of ether oxygens (including phenoxy) is 1. The third kappa shape index (κ3) is 4.57. The van der Waals surface area contributed by atoms with Crippen molar-refractivity contribution in [3.05, 3.63) is 48.5 Å². The summed E-state index contributed by atoms with van der Waals surface area (Å²) in [5, 5.41) is 7.55. The molecular weight excluding hydrogens is 310 g/mol.